The van der Waals surface area contributed by atoms with Crippen LogP contribution >= 0.6 is 11.6 Å². The van der Waals surface area contributed by atoms with Crippen LogP contribution in [0, 0.1) is 5.92 Å². The lowest BCUT2D eigenvalue weighted by Gasteiger charge is -2.48. The molecular formula is C16H25ClN2. The molecule has 1 atom stereocenters. The topological polar surface area (TPSA) is 29.3 Å². The number of benzene rings is 1. The van der Waals surface area contributed by atoms with E-state index in [0.717, 1.165) is 29.3 Å². The van der Waals surface area contributed by atoms with E-state index < -0.39 is 0 Å². The number of halogens is 1. The molecule has 1 unspecified atom stereocenters. The Balaban J connectivity index is 2.32. The van der Waals surface area contributed by atoms with Gasteiger partial charge in [-0.3, -0.25) is 0 Å². The van der Waals surface area contributed by atoms with E-state index in [1.165, 1.54) is 12.8 Å². The summed E-state index contributed by atoms with van der Waals surface area (Å²) >= 11 is 6.34. The minimum Gasteiger partial charge on any atom is -0.322 e. The molecule has 1 aromatic carbocycles. The molecule has 0 aromatic heterocycles. The number of nitrogens with zero attached hydrogens (tertiary/aromatic N) is 1. The molecule has 0 heterocycles. The fourth-order valence-electron chi connectivity index (χ4n) is 3.32. The molecule has 0 radical (unpaired) electrons. The van der Waals surface area contributed by atoms with Crippen LogP contribution in [0.4, 0.5) is 0 Å². The second-order valence-corrected chi connectivity index (χ2v) is 6.59. The van der Waals surface area contributed by atoms with Gasteiger partial charge in [-0.1, -0.05) is 36.7 Å². The van der Waals surface area contributed by atoms with Gasteiger partial charge in [0.05, 0.1) is 0 Å². The van der Waals surface area contributed by atoms with E-state index in [-0.39, 0.29) is 11.6 Å². The summed E-state index contributed by atoms with van der Waals surface area (Å²) < 4.78 is 0. The van der Waals surface area contributed by atoms with Gasteiger partial charge in [-0.15, -0.1) is 0 Å². The predicted molar refractivity (Wildman–Crippen MR) is 82.4 cm³/mol. The van der Waals surface area contributed by atoms with Crippen molar-refractivity contribution in [2.24, 2.45) is 11.7 Å². The first kappa shape index (κ1) is 14.8. The van der Waals surface area contributed by atoms with Crippen LogP contribution in [-0.2, 0) is 0 Å². The van der Waals surface area contributed by atoms with Gasteiger partial charge in [0.1, 0.15) is 0 Å². The van der Waals surface area contributed by atoms with E-state index in [1.807, 2.05) is 18.2 Å². The van der Waals surface area contributed by atoms with Gasteiger partial charge in [0.25, 0.3) is 0 Å². The summed E-state index contributed by atoms with van der Waals surface area (Å²) in [5.41, 5.74) is 7.74. The lowest BCUT2D eigenvalue weighted by atomic mass is 9.70. The first-order chi connectivity index (χ1) is 8.97. The second-order valence-electron chi connectivity index (χ2n) is 6.18. The van der Waals surface area contributed by atoms with Crippen LogP contribution in [0.25, 0.3) is 0 Å². The van der Waals surface area contributed by atoms with Crippen LogP contribution in [0.1, 0.15) is 44.2 Å². The Bertz CT molecular complexity index is 423. The van der Waals surface area contributed by atoms with Gasteiger partial charge in [-0.05, 0) is 57.3 Å². The molecule has 19 heavy (non-hydrogen) atoms. The average Bonchev–Trinajstić information content (AvgIpc) is 2.39. The summed E-state index contributed by atoms with van der Waals surface area (Å²) in [6.07, 6.45) is 4.79. The summed E-state index contributed by atoms with van der Waals surface area (Å²) in [7, 11) is 4.29. The van der Waals surface area contributed by atoms with Gasteiger partial charge in [0.2, 0.25) is 0 Å². The number of likely N-dealkylation sites (N-methyl/N-ethyl adjacent to an activating group) is 1. The van der Waals surface area contributed by atoms with Crippen LogP contribution < -0.4 is 5.73 Å². The molecule has 0 saturated heterocycles. The molecule has 2 N–H and O–H groups in total. The van der Waals surface area contributed by atoms with Crippen molar-refractivity contribution in [3.8, 4) is 0 Å². The van der Waals surface area contributed by atoms with Gasteiger partial charge in [-0.25, -0.2) is 0 Å². The van der Waals surface area contributed by atoms with Gasteiger partial charge < -0.3 is 10.6 Å². The van der Waals surface area contributed by atoms with Gasteiger partial charge in [0, 0.05) is 16.6 Å². The molecule has 106 valence electrons. The lowest BCUT2D eigenvalue weighted by Crippen LogP contribution is -2.54. The summed E-state index contributed by atoms with van der Waals surface area (Å²) in [4.78, 5) is 2.31. The first-order valence-electron chi connectivity index (χ1n) is 7.15. The quantitative estimate of drug-likeness (QED) is 0.911. The second kappa shape index (κ2) is 5.82. The Morgan fingerprint density at radius 2 is 1.84 bits per heavy atom. The summed E-state index contributed by atoms with van der Waals surface area (Å²) in [5.74, 6) is 0.812. The third-order valence-corrected chi connectivity index (χ3v) is 5.19. The number of hydrogen-bond donors (Lipinski definition) is 1. The number of nitrogens with two attached hydrogens (primary N) is 1. The number of rotatable bonds is 3. The maximum absolute atomic E-state index is 6.63. The maximum Gasteiger partial charge on any atom is 0.0496 e. The molecule has 3 heteroatoms. The summed E-state index contributed by atoms with van der Waals surface area (Å²) in [5, 5.41) is 0.787. The minimum absolute atomic E-state index is 0.0244. The van der Waals surface area contributed by atoms with E-state index in [2.05, 4.69) is 32.0 Å². The first-order valence-corrected chi connectivity index (χ1v) is 7.52. The van der Waals surface area contributed by atoms with Crippen LogP contribution in [-0.4, -0.2) is 24.5 Å². The smallest absolute Gasteiger partial charge is 0.0496 e. The zero-order valence-corrected chi connectivity index (χ0v) is 13.0. The molecule has 0 bridgehead atoms. The highest BCUT2D eigenvalue weighted by molar-refractivity contribution is 6.31. The average molecular weight is 281 g/mol. The van der Waals surface area contributed by atoms with Gasteiger partial charge >= 0.3 is 0 Å². The molecule has 1 fully saturated rings. The largest absolute Gasteiger partial charge is 0.322 e. The summed E-state index contributed by atoms with van der Waals surface area (Å²) in [6, 6.07) is 7.96. The zero-order chi connectivity index (χ0) is 14.0. The van der Waals surface area contributed by atoms with E-state index in [1.54, 1.807) is 0 Å². The zero-order valence-electron chi connectivity index (χ0n) is 12.2. The predicted octanol–water partition coefficient (Wildman–Crippen LogP) is 3.85. The third-order valence-electron chi connectivity index (χ3n) is 4.85. The highest BCUT2D eigenvalue weighted by Crippen LogP contribution is 2.43. The van der Waals surface area contributed by atoms with Crippen molar-refractivity contribution in [2.75, 3.05) is 14.1 Å². The van der Waals surface area contributed by atoms with Crippen LogP contribution in [0.3, 0.4) is 0 Å². The standard InChI is InChI=1S/C16H25ClN2/c1-12-8-10-16(11-9-12,19(2)3)15(18)13-6-4-5-7-14(13)17/h4-7,12,15H,8-11,18H2,1-3H3. The van der Waals surface area contributed by atoms with Crippen molar-refractivity contribution >= 4 is 11.6 Å². The maximum atomic E-state index is 6.63. The molecule has 0 spiro atoms. The Hall–Kier alpha value is -0.570. The monoisotopic (exact) mass is 280 g/mol. The van der Waals surface area contributed by atoms with Crippen molar-refractivity contribution in [3.05, 3.63) is 34.9 Å². The Kier molecular flexibility index (Phi) is 4.54. The van der Waals surface area contributed by atoms with Gasteiger partial charge in [0.15, 0.2) is 0 Å². The third kappa shape index (κ3) is 2.81. The van der Waals surface area contributed by atoms with Crippen LogP contribution in [0.2, 0.25) is 5.02 Å². The molecule has 1 aliphatic carbocycles. The molecule has 1 aromatic rings. The molecule has 1 saturated carbocycles. The Morgan fingerprint density at radius 1 is 1.26 bits per heavy atom. The van der Waals surface area contributed by atoms with Gasteiger partial charge in [-0.2, -0.15) is 0 Å². The molecule has 2 rings (SSSR count). The molecule has 0 amide bonds. The Labute approximate surface area is 121 Å². The summed E-state index contributed by atoms with van der Waals surface area (Å²) in [6.45, 7) is 2.33. The van der Waals surface area contributed by atoms with E-state index in [0.29, 0.717) is 0 Å². The molecule has 1 aliphatic rings. The lowest BCUT2D eigenvalue weighted by molar-refractivity contribution is 0.0565. The van der Waals surface area contributed by atoms with Crippen molar-refractivity contribution in [1.29, 1.82) is 0 Å². The molecular weight excluding hydrogens is 256 g/mol. The van der Waals surface area contributed by atoms with Crippen LogP contribution in [0.5, 0.6) is 0 Å². The minimum atomic E-state index is -0.0244. The highest BCUT2D eigenvalue weighted by atomic mass is 35.5. The molecule has 2 nitrogen and oxygen atoms in total. The van der Waals surface area contributed by atoms with Crippen molar-refractivity contribution in [1.82, 2.24) is 4.90 Å². The van der Waals surface area contributed by atoms with E-state index in [9.17, 15) is 0 Å². The van der Waals surface area contributed by atoms with Crippen LogP contribution in [0.15, 0.2) is 24.3 Å². The highest BCUT2D eigenvalue weighted by Gasteiger charge is 2.42. The number of hydrogen-bond acceptors (Lipinski definition) is 2. The van der Waals surface area contributed by atoms with E-state index >= 15 is 0 Å². The van der Waals surface area contributed by atoms with Crippen molar-refractivity contribution < 1.29 is 0 Å². The molecule has 0 aliphatic heterocycles. The van der Waals surface area contributed by atoms with Crippen molar-refractivity contribution in [3.63, 3.8) is 0 Å². The normalized spacial score (nSPS) is 29.5. The van der Waals surface area contributed by atoms with Crippen molar-refractivity contribution in [2.45, 2.75) is 44.2 Å². The SMILES string of the molecule is CC1CCC(C(N)c2ccccc2Cl)(N(C)C)CC1. The fraction of sp³-hybridized carbons (Fsp3) is 0.625. The van der Waals surface area contributed by atoms with E-state index in [4.69, 9.17) is 17.3 Å². The fourth-order valence-corrected chi connectivity index (χ4v) is 3.57. The Morgan fingerprint density at radius 3 is 2.37 bits per heavy atom.